The number of carbonyl (C=O) groups excluding carboxylic acids is 1. The molecule has 0 aliphatic heterocycles. The summed E-state index contributed by atoms with van der Waals surface area (Å²) in [5.41, 5.74) is 0. The Morgan fingerprint density at radius 1 is 1.61 bits per heavy atom. The summed E-state index contributed by atoms with van der Waals surface area (Å²) in [6, 6.07) is 3.29. The molecule has 5 nitrogen and oxygen atoms in total. The summed E-state index contributed by atoms with van der Waals surface area (Å²) in [7, 11) is 0. The third-order valence-electron chi connectivity index (χ3n) is 3.38. The standard InChI is InChI=1S/C13H20N2O3/c1-9(12-3-2-6-18-12)15-13(17)14-8-10-4-5-11(16)7-10/h2-3,6,9-11,16H,4-5,7-8H2,1H3,(H2,14,15,17)/t9-,10+,11-/m0/s1. The maximum Gasteiger partial charge on any atom is 0.315 e. The Morgan fingerprint density at radius 3 is 3.06 bits per heavy atom. The SMILES string of the molecule is C[C@H](NC(=O)NC[C@@H]1CC[C@H](O)C1)c1ccco1. The fraction of sp³-hybridized carbons (Fsp3) is 0.615. The summed E-state index contributed by atoms with van der Waals surface area (Å²) >= 11 is 0. The van der Waals surface area contributed by atoms with E-state index in [1.54, 1.807) is 12.3 Å². The first-order chi connectivity index (χ1) is 8.65. The highest BCUT2D eigenvalue weighted by atomic mass is 16.3. The molecule has 0 spiro atoms. The zero-order chi connectivity index (χ0) is 13.0. The lowest BCUT2D eigenvalue weighted by atomic mass is 10.1. The molecule has 2 rings (SSSR count). The van der Waals surface area contributed by atoms with Gasteiger partial charge in [0.25, 0.3) is 0 Å². The van der Waals surface area contributed by atoms with Gasteiger partial charge in [-0.05, 0) is 44.2 Å². The van der Waals surface area contributed by atoms with Crippen LogP contribution in [0.25, 0.3) is 0 Å². The Balaban J connectivity index is 1.69. The van der Waals surface area contributed by atoms with Gasteiger partial charge in [-0.2, -0.15) is 0 Å². The number of carbonyl (C=O) groups is 1. The molecule has 0 bridgehead atoms. The average Bonchev–Trinajstić information content (AvgIpc) is 2.97. The molecule has 1 aromatic rings. The van der Waals surface area contributed by atoms with Crippen molar-refractivity contribution in [1.82, 2.24) is 10.6 Å². The lowest BCUT2D eigenvalue weighted by Crippen LogP contribution is -2.39. The van der Waals surface area contributed by atoms with Crippen LogP contribution in [0.1, 0.15) is 38.0 Å². The molecule has 3 atom stereocenters. The van der Waals surface area contributed by atoms with E-state index in [1.165, 1.54) is 0 Å². The van der Waals surface area contributed by atoms with Crippen LogP contribution in [0, 0.1) is 5.92 Å². The van der Waals surface area contributed by atoms with Gasteiger partial charge in [0.15, 0.2) is 0 Å². The van der Waals surface area contributed by atoms with Gasteiger partial charge < -0.3 is 20.2 Å². The van der Waals surface area contributed by atoms with Crippen molar-refractivity contribution in [1.29, 1.82) is 0 Å². The third kappa shape index (κ3) is 3.50. The van der Waals surface area contributed by atoms with Gasteiger partial charge in [-0.1, -0.05) is 0 Å². The normalized spacial score (nSPS) is 24.8. The summed E-state index contributed by atoms with van der Waals surface area (Å²) < 4.78 is 5.21. The van der Waals surface area contributed by atoms with E-state index >= 15 is 0 Å². The van der Waals surface area contributed by atoms with Crippen molar-refractivity contribution >= 4 is 6.03 Å². The van der Waals surface area contributed by atoms with E-state index in [1.807, 2.05) is 13.0 Å². The molecule has 18 heavy (non-hydrogen) atoms. The molecule has 1 saturated carbocycles. The fourth-order valence-electron chi connectivity index (χ4n) is 2.33. The monoisotopic (exact) mass is 252 g/mol. The molecular formula is C13H20N2O3. The summed E-state index contributed by atoms with van der Waals surface area (Å²) in [5.74, 6) is 1.13. The molecule has 0 aromatic carbocycles. The Bertz CT molecular complexity index is 378. The van der Waals surface area contributed by atoms with Gasteiger partial charge in [-0.15, -0.1) is 0 Å². The van der Waals surface area contributed by atoms with E-state index in [4.69, 9.17) is 4.42 Å². The number of furan rings is 1. The minimum Gasteiger partial charge on any atom is -0.467 e. The van der Waals surface area contributed by atoms with Crippen LogP contribution >= 0.6 is 0 Å². The van der Waals surface area contributed by atoms with Crippen LogP contribution in [0.15, 0.2) is 22.8 Å². The fourth-order valence-corrected chi connectivity index (χ4v) is 2.33. The number of urea groups is 1. The number of aliphatic hydroxyl groups excluding tert-OH is 1. The molecule has 3 N–H and O–H groups in total. The Labute approximate surface area is 107 Å². The van der Waals surface area contributed by atoms with Crippen LogP contribution in [-0.2, 0) is 0 Å². The maximum atomic E-state index is 11.7. The maximum absolute atomic E-state index is 11.7. The van der Waals surface area contributed by atoms with E-state index < -0.39 is 0 Å². The Kier molecular flexibility index (Phi) is 4.25. The van der Waals surface area contributed by atoms with Crippen molar-refractivity contribution in [2.24, 2.45) is 5.92 Å². The number of aliphatic hydroxyl groups is 1. The van der Waals surface area contributed by atoms with Gasteiger partial charge >= 0.3 is 6.03 Å². The summed E-state index contributed by atoms with van der Waals surface area (Å²) in [4.78, 5) is 11.7. The number of hydrogen-bond donors (Lipinski definition) is 3. The van der Waals surface area contributed by atoms with Gasteiger partial charge in [0.05, 0.1) is 18.4 Å². The molecule has 0 saturated heterocycles. The van der Waals surface area contributed by atoms with E-state index in [9.17, 15) is 9.90 Å². The molecule has 2 amide bonds. The first-order valence-electron chi connectivity index (χ1n) is 6.41. The molecule has 5 heteroatoms. The van der Waals surface area contributed by atoms with Crippen molar-refractivity contribution in [2.45, 2.75) is 38.3 Å². The first-order valence-corrected chi connectivity index (χ1v) is 6.41. The Hall–Kier alpha value is -1.49. The van der Waals surface area contributed by atoms with Crippen LogP contribution in [0.4, 0.5) is 4.79 Å². The Morgan fingerprint density at radius 2 is 2.44 bits per heavy atom. The summed E-state index contributed by atoms with van der Waals surface area (Å²) in [6.07, 6.45) is 4.01. The van der Waals surface area contributed by atoms with Crippen molar-refractivity contribution in [3.63, 3.8) is 0 Å². The molecule has 100 valence electrons. The molecular weight excluding hydrogens is 232 g/mol. The average molecular weight is 252 g/mol. The molecule has 1 aliphatic rings. The van der Waals surface area contributed by atoms with E-state index in [2.05, 4.69) is 10.6 Å². The van der Waals surface area contributed by atoms with E-state index in [-0.39, 0.29) is 18.2 Å². The zero-order valence-corrected chi connectivity index (χ0v) is 10.6. The lowest BCUT2D eigenvalue weighted by Gasteiger charge is -2.14. The lowest BCUT2D eigenvalue weighted by molar-refractivity contribution is 0.177. The summed E-state index contributed by atoms with van der Waals surface area (Å²) in [5, 5.41) is 15.0. The third-order valence-corrected chi connectivity index (χ3v) is 3.38. The van der Waals surface area contributed by atoms with Crippen LogP contribution in [-0.4, -0.2) is 23.8 Å². The second-order valence-electron chi connectivity index (χ2n) is 4.92. The summed E-state index contributed by atoms with van der Waals surface area (Å²) in [6.45, 7) is 2.49. The van der Waals surface area contributed by atoms with Crippen molar-refractivity contribution < 1.29 is 14.3 Å². The molecule has 0 radical (unpaired) electrons. The van der Waals surface area contributed by atoms with Crippen LogP contribution in [0.3, 0.4) is 0 Å². The predicted molar refractivity (Wildman–Crippen MR) is 67.0 cm³/mol. The van der Waals surface area contributed by atoms with Crippen molar-refractivity contribution in [3.8, 4) is 0 Å². The predicted octanol–water partition coefficient (Wildman–Crippen LogP) is 1.80. The number of amides is 2. The molecule has 0 unspecified atom stereocenters. The van der Waals surface area contributed by atoms with Gasteiger partial charge in [-0.3, -0.25) is 0 Å². The van der Waals surface area contributed by atoms with Gasteiger partial charge in [0.2, 0.25) is 0 Å². The molecule has 1 aromatic heterocycles. The first kappa shape index (κ1) is 13.0. The smallest absolute Gasteiger partial charge is 0.315 e. The van der Waals surface area contributed by atoms with Gasteiger partial charge in [0.1, 0.15) is 5.76 Å². The molecule has 1 fully saturated rings. The highest BCUT2D eigenvalue weighted by Gasteiger charge is 2.23. The highest BCUT2D eigenvalue weighted by Crippen LogP contribution is 2.24. The second kappa shape index (κ2) is 5.91. The van der Waals surface area contributed by atoms with Gasteiger partial charge in [0, 0.05) is 6.54 Å². The largest absolute Gasteiger partial charge is 0.467 e. The van der Waals surface area contributed by atoms with E-state index in [0.29, 0.717) is 12.5 Å². The number of nitrogens with one attached hydrogen (secondary N) is 2. The van der Waals surface area contributed by atoms with Crippen LogP contribution in [0.2, 0.25) is 0 Å². The molecule has 1 aliphatic carbocycles. The quantitative estimate of drug-likeness (QED) is 0.765. The van der Waals surface area contributed by atoms with Crippen molar-refractivity contribution in [3.05, 3.63) is 24.2 Å². The minimum absolute atomic E-state index is 0.144. The minimum atomic E-state index is -0.194. The zero-order valence-electron chi connectivity index (χ0n) is 10.6. The van der Waals surface area contributed by atoms with Crippen molar-refractivity contribution in [2.75, 3.05) is 6.54 Å². The number of hydrogen-bond acceptors (Lipinski definition) is 3. The number of rotatable bonds is 4. The highest BCUT2D eigenvalue weighted by molar-refractivity contribution is 5.74. The topological polar surface area (TPSA) is 74.5 Å². The van der Waals surface area contributed by atoms with Crippen LogP contribution in [0.5, 0.6) is 0 Å². The van der Waals surface area contributed by atoms with E-state index in [0.717, 1.165) is 25.0 Å². The van der Waals surface area contributed by atoms with Gasteiger partial charge in [-0.25, -0.2) is 4.79 Å². The van der Waals surface area contributed by atoms with Crippen LogP contribution < -0.4 is 10.6 Å². The second-order valence-corrected chi connectivity index (χ2v) is 4.92. The molecule has 1 heterocycles.